The van der Waals surface area contributed by atoms with Gasteiger partial charge in [-0.15, -0.1) is 0 Å². The topological polar surface area (TPSA) is 79.2 Å². The summed E-state index contributed by atoms with van der Waals surface area (Å²) in [5, 5.41) is 12.1. The number of hydrogen-bond donors (Lipinski definition) is 1. The fourth-order valence-electron chi connectivity index (χ4n) is 2.24. The molecule has 1 N–H and O–H groups in total. The standard InChI is InChI=1S/C18H15ClN2O3/c1-24-18(23)16(10-12-6-2-3-7-13(12)11-20)21-17(22)14-8-4-5-9-15(14)19/h2-9,16H,10H2,1H3,(H,21,22)/t16-/m0/s1. The van der Waals surface area contributed by atoms with Crippen molar-refractivity contribution < 1.29 is 14.3 Å². The molecule has 0 aromatic heterocycles. The molecule has 0 aliphatic rings. The molecular formula is C18H15ClN2O3. The normalized spacial score (nSPS) is 11.2. The Kier molecular flexibility index (Phi) is 5.94. The fraction of sp³-hybridized carbons (Fsp3) is 0.167. The molecule has 0 saturated carbocycles. The molecule has 1 amide bonds. The zero-order valence-electron chi connectivity index (χ0n) is 13.0. The summed E-state index contributed by atoms with van der Waals surface area (Å²) in [5.74, 6) is -1.08. The summed E-state index contributed by atoms with van der Waals surface area (Å²) in [4.78, 5) is 24.4. The summed E-state index contributed by atoms with van der Waals surface area (Å²) in [7, 11) is 1.24. The Morgan fingerprint density at radius 3 is 2.54 bits per heavy atom. The van der Waals surface area contributed by atoms with Gasteiger partial charge in [-0.25, -0.2) is 4.79 Å². The third-order valence-corrected chi connectivity index (χ3v) is 3.80. The molecule has 0 radical (unpaired) electrons. The summed E-state index contributed by atoms with van der Waals surface area (Å²) in [6, 6.07) is 14.6. The molecule has 122 valence electrons. The SMILES string of the molecule is COC(=O)[C@H](Cc1ccccc1C#N)NC(=O)c1ccccc1Cl. The minimum Gasteiger partial charge on any atom is -0.467 e. The Morgan fingerprint density at radius 1 is 1.21 bits per heavy atom. The minimum absolute atomic E-state index is 0.145. The molecule has 2 aromatic carbocycles. The molecule has 2 rings (SSSR count). The minimum atomic E-state index is -0.923. The van der Waals surface area contributed by atoms with Crippen molar-refractivity contribution in [3.8, 4) is 6.07 Å². The Balaban J connectivity index is 2.24. The number of rotatable bonds is 5. The third kappa shape index (κ3) is 4.12. The number of carbonyl (C=O) groups is 2. The molecule has 0 spiro atoms. The summed E-state index contributed by atoms with van der Waals surface area (Å²) in [5.41, 5.74) is 1.36. The number of nitriles is 1. The van der Waals surface area contributed by atoms with Gasteiger partial charge >= 0.3 is 5.97 Å². The molecule has 0 aliphatic heterocycles. The summed E-state index contributed by atoms with van der Waals surface area (Å²) in [6.07, 6.45) is 0.145. The lowest BCUT2D eigenvalue weighted by atomic mass is 10.0. The van der Waals surface area contributed by atoms with Gasteiger partial charge in [0.05, 0.1) is 29.3 Å². The lowest BCUT2D eigenvalue weighted by molar-refractivity contribution is -0.142. The number of benzene rings is 2. The predicted octanol–water partition coefficient (Wildman–Crippen LogP) is 2.73. The molecule has 0 fully saturated rings. The first kappa shape index (κ1) is 17.5. The van der Waals surface area contributed by atoms with E-state index in [1.54, 1.807) is 48.5 Å². The van der Waals surface area contributed by atoms with Crippen LogP contribution in [0.4, 0.5) is 0 Å². The van der Waals surface area contributed by atoms with E-state index in [-0.39, 0.29) is 17.0 Å². The first-order valence-corrected chi connectivity index (χ1v) is 7.56. The molecule has 0 aliphatic carbocycles. The van der Waals surface area contributed by atoms with Crippen molar-refractivity contribution in [2.75, 3.05) is 7.11 Å². The molecule has 0 heterocycles. The van der Waals surface area contributed by atoms with E-state index in [1.807, 2.05) is 0 Å². The number of halogens is 1. The van der Waals surface area contributed by atoms with Crippen LogP contribution in [0.1, 0.15) is 21.5 Å². The first-order valence-electron chi connectivity index (χ1n) is 7.18. The van der Waals surface area contributed by atoms with Crippen LogP contribution in [0.25, 0.3) is 0 Å². The molecule has 24 heavy (non-hydrogen) atoms. The van der Waals surface area contributed by atoms with Crippen LogP contribution in [-0.2, 0) is 16.0 Å². The van der Waals surface area contributed by atoms with Crippen LogP contribution in [0.15, 0.2) is 48.5 Å². The number of carbonyl (C=O) groups excluding carboxylic acids is 2. The summed E-state index contributed by atoms with van der Waals surface area (Å²) < 4.78 is 4.76. The van der Waals surface area contributed by atoms with Gasteiger partial charge < -0.3 is 10.1 Å². The van der Waals surface area contributed by atoms with Crippen LogP contribution >= 0.6 is 11.6 Å². The van der Waals surface area contributed by atoms with Crippen molar-refractivity contribution in [2.45, 2.75) is 12.5 Å². The van der Waals surface area contributed by atoms with Gasteiger partial charge in [-0.05, 0) is 23.8 Å². The second kappa shape index (κ2) is 8.14. The lowest BCUT2D eigenvalue weighted by Crippen LogP contribution is -2.43. The second-order valence-electron chi connectivity index (χ2n) is 5.00. The van der Waals surface area contributed by atoms with Crippen molar-refractivity contribution in [3.63, 3.8) is 0 Å². The number of amides is 1. The molecule has 0 saturated heterocycles. The van der Waals surface area contributed by atoms with Gasteiger partial charge in [-0.2, -0.15) is 5.26 Å². The van der Waals surface area contributed by atoms with Crippen LogP contribution in [0.5, 0.6) is 0 Å². The number of nitrogens with zero attached hydrogens (tertiary/aromatic N) is 1. The maximum Gasteiger partial charge on any atom is 0.328 e. The van der Waals surface area contributed by atoms with Gasteiger partial charge in [-0.3, -0.25) is 4.79 Å². The van der Waals surface area contributed by atoms with Gasteiger partial charge in [0.25, 0.3) is 5.91 Å². The van der Waals surface area contributed by atoms with E-state index in [0.717, 1.165) is 0 Å². The van der Waals surface area contributed by atoms with E-state index in [0.29, 0.717) is 11.1 Å². The van der Waals surface area contributed by atoms with Crippen molar-refractivity contribution in [3.05, 3.63) is 70.2 Å². The third-order valence-electron chi connectivity index (χ3n) is 3.47. The molecule has 6 heteroatoms. The van der Waals surface area contributed by atoms with Crippen molar-refractivity contribution in [1.29, 1.82) is 5.26 Å². The Labute approximate surface area is 144 Å². The zero-order valence-corrected chi connectivity index (χ0v) is 13.7. The van der Waals surface area contributed by atoms with Gasteiger partial charge in [0.15, 0.2) is 0 Å². The van der Waals surface area contributed by atoms with Crippen LogP contribution in [0.3, 0.4) is 0 Å². The predicted molar refractivity (Wildman–Crippen MR) is 89.6 cm³/mol. The Bertz CT molecular complexity index is 799. The maximum absolute atomic E-state index is 12.4. The Hall–Kier alpha value is -2.84. The van der Waals surface area contributed by atoms with Crippen LogP contribution in [0.2, 0.25) is 5.02 Å². The fourth-order valence-corrected chi connectivity index (χ4v) is 2.47. The second-order valence-corrected chi connectivity index (χ2v) is 5.41. The Morgan fingerprint density at radius 2 is 1.88 bits per heavy atom. The van der Waals surface area contributed by atoms with E-state index in [9.17, 15) is 9.59 Å². The maximum atomic E-state index is 12.4. The highest BCUT2D eigenvalue weighted by molar-refractivity contribution is 6.33. The lowest BCUT2D eigenvalue weighted by Gasteiger charge is -2.17. The van der Waals surface area contributed by atoms with Gasteiger partial charge in [-0.1, -0.05) is 41.9 Å². The number of ether oxygens (including phenoxy) is 1. The highest BCUT2D eigenvalue weighted by atomic mass is 35.5. The summed E-state index contributed by atoms with van der Waals surface area (Å²) in [6.45, 7) is 0. The number of nitrogens with one attached hydrogen (secondary N) is 1. The largest absolute Gasteiger partial charge is 0.467 e. The molecule has 0 bridgehead atoms. The molecule has 0 unspecified atom stereocenters. The van der Waals surface area contributed by atoms with Gasteiger partial charge in [0, 0.05) is 6.42 Å². The quantitative estimate of drug-likeness (QED) is 0.847. The van der Waals surface area contributed by atoms with E-state index < -0.39 is 17.9 Å². The molecule has 2 aromatic rings. The van der Waals surface area contributed by atoms with Crippen molar-refractivity contribution in [2.24, 2.45) is 0 Å². The highest BCUT2D eigenvalue weighted by Crippen LogP contribution is 2.16. The highest BCUT2D eigenvalue weighted by Gasteiger charge is 2.24. The van der Waals surface area contributed by atoms with Crippen LogP contribution in [0, 0.1) is 11.3 Å². The number of hydrogen-bond acceptors (Lipinski definition) is 4. The first-order chi connectivity index (χ1) is 11.6. The van der Waals surface area contributed by atoms with E-state index in [1.165, 1.54) is 7.11 Å². The van der Waals surface area contributed by atoms with Gasteiger partial charge in [0.1, 0.15) is 6.04 Å². The van der Waals surface area contributed by atoms with Crippen molar-refractivity contribution in [1.82, 2.24) is 5.32 Å². The molecule has 5 nitrogen and oxygen atoms in total. The average Bonchev–Trinajstić information content (AvgIpc) is 2.61. The van der Waals surface area contributed by atoms with E-state index >= 15 is 0 Å². The number of methoxy groups -OCH3 is 1. The zero-order chi connectivity index (χ0) is 17.5. The van der Waals surface area contributed by atoms with Crippen LogP contribution < -0.4 is 5.32 Å². The smallest absolute Gasteiger partial charge is 0.328 e. The van der Waals surface area contributed by atoms with E-state index in [2.05, 4.69) is 11.4 Å². The monoisotopic (exact) mass is 342 g/mol. The average molecular weight is 343 g/mol. The molecular weight excluding hydrogens is 328 g/mol. The van der Waals surface area contributed by atoms with E-state index in [4.69, 9.17) is 21.6 Å². The van der Waals surface area contributed by atoms with Crippen LogP contribution in [-0.4, -0.2) is 25.0 Å². The summed E-state index contributed by atoms with van der Waals surface area (Å²) >= 11 is 6.00. The van der Waals surface area contributed by atoms with Crippen molar-refractivity contribution >= 4 is 23.5 Å². The number of esters is 1. The molecule has 1 atom stereocenters. The van der Waals surface area contributed by atoms with Gasteiger partial charge in [0.2, 0.25) is 0 Å².